The van der Waals surface area contributed by atoms with Crippen molar-refractivity contribution in [2.75, 3.05) is 0 Å². The molecule has 0 aliphatic heterocycles. The molecule has 0 aliphatic rings. The van der Waals surface area contributed by atoms with Crippen LogP contribution in [-0.4, -0.2) is 5.78 Å². The van der Waals surface area contributed by atoms with E-state index in [0.29, 0.717) is 0 Å². The Hall–Kier alpha value is -1.60. The predicted molar refractivity (Wildman–Crippen MR) is 71.6 cm³/mol. The van der Waals surface area contributed by atoms with Gasteiger partial charge in [0.05, 0.1) is 0 Å². The van der Waals surface area contributed by atoms with E-state index in [1.165, 1.54) is 0 Å². The fourth-order valence-corrected chi connectivity index (χ4v) is 1.85. The Labute approximate surface area is 106 Å². The van der Waals surface area contributed by atoms with Gasteiger partial charge in [-0.1, -0.05) is 48.0 Å². The summed E-state index contributed by atoms with van der Waals surface area (Å²) in [6.45, 7) is 3.54. The maximum atomic E-state index is 11.2. The lowest BCUT2D eigenvalue weighted by atomic mass is 10.0. The fourth-order valence-electron chi connectivity index (χ4n) is 1.67. The number of aryl methyl sites for hydroxylation is 1. The summed E-state index contributed by atoms with van der Waals surface area (Å²) in [4.78, 5) is 11.2. The zero-order chi connectivity index (χ0) is 12.4. The largest absolute Gasteiger partial charge is 0.295 e. The lowest BCUT2D eigenvalue weighted by Gasteiger charge is -2.05. The van der Waals surface area contributed by atoms with Gasteiger partial charge in [0.15, 0.2) is 5.78 Å². The third-order valence-electron chi connectivity index (χ3n) is 2.80. The molecular formula is C15H13ClO. The van der Waals surface area contributed by atoms with Crippen molar-refractivity contribution in [3.63, 3.8) is 0 Å². The molecule has 0 bridgehead atoms. The monoisotopic (exact) mass is 244 g/mol. The first-order chi connectivity index (χ1) is 8.08. The Bertz CT molecular complexity index is 556. The number of benzene rings is 2. The molecule has 2 aromatic carbocycles. The van der Waals surface area contributed by atoms with Crippen LogP contribution in [0.1, 0.15) is 22.8 Å². The van der Waals surface area contributed by atoms with Gasteiger partial charge in [0.1, 0.15) is 0 Å². The lowest BCUT2D eigenvalue weighted by molar-refractivity contribution is 0.101. The molecule has 0 unspecified atom stereocenters. The second kappa shape index (κ2) is 4.72. The predicted octanol–water partition coefficient (Wildman–Crippen LogP) is 4.52. The quantitative estimate of drug-likeness (QED) is 0.710. The third-order valence-corrected chi connectivity index (χ3v) is 3.20. The molecule has 0 amide bonds. The van der Waals surface area contributed by atoms with Crippen LogP contribution in [0.5, 0.6) is 0 Å². The molecule has 0 radical (unpaired) electrons. The number of hydrogen-bond acceptors (Lipinski definition) is 1. The van der Waals surface area contributed by atoms with Crippen LogP contribution in [0.3, 0.4) is 0 Å². The molecule has 2 rings (SSSR count). The molecule has 0 spiro atoms. The number of carbonyl (C=O) groups excluding carboxylic acids is 1. The normalized spacial score (nSPS) is 10.3. The molecule has 2 heteroatoms. The van der Waals surface area contributed by atoms with E-state index in [2.05, 4.69) is 0 Å². The van der Waals surface area contributed by atoms with Crippen LogP contribution >= 0.6 is 11.6 Å². The molecule has 1 nitrogen and oxygen atoms in total. The Morgan fingerprint density at radius 1 is 1.00 bits per heavy atom. The Morgan fingerprint density at radius 3 is 2.12 bits per heavy atom. The van der Waals surface area contributed by atoms with E-state index in [4.69, 9.17) is 11.6 Å². The zero-order valence-corrected chi connectivity index (χ0v) is 10.6. The molecule has 2 aromatic rings. The van der Waals surface area contributed by atoms with E-state index >= 15 is 0 Å². The highest BCUT2D eigenvalue weighted by molar-refractivity contribution is 6.31. The summed E-state index contributed by atoms with van der Waals surface area (Å²) >= 11 is 6.09. The Balaban J connectivity index is 2.39. The molecule has 0 atom stereocenters. The van der Waals surface area contributed by atoms with Crippen molar-refractivity contribution in [2.24, 2.45) is 0 Å². The first kappa shape index (κ1) is 11.9. The van der Waals surface area contributed by atoms with Gasteiger partial charge in [-0.15, -0.1) is 0 Å². The van der Waals surface area contributed by atoms with Crippen molar-refractivity contribution in [1.82, 2.24) is 0 Å². The van der Waals surface area contributed by atoms with Gasteiger partial charge in [-0.05, 0) is 36.6 Å². The standard InChI is InChI=1S/C15H13ClO/c1-10-3-4-14(9-15(10)16)13-7-5-12(6-8-13)11(2)17/h3-9H,1-2H3. The van der Waals surface area contributed by atoms with Crippen molar-refractivity contribution in [3.8, 4) is 11.1 Å². The summed E-state index contributed by atoms with van der Waals surface area (Å²) in [5.74, 6) is 0.0819. The fraction of sp³-hybridized carbons (Fsp3) is 0.133. The molecule has 0 saturated carbocycles. The van der Waals surface area contributed by atoms with Gasteiger partial charge in [-0.2, -0.15) is 0 Å². The summed E-state index contributed by atoms with van der Waals surface area (Å²) in [5.41, 5.74) is 3.93. The van der Waals surface area contributed by atoms with E-state index in [1.807, 2.05) is 49.4 Å². The summed E-state index contributed by atoms with van der Waals surface area (Å²) in [6, 6.07) is 13.5. The van der Waals surface area contributed by atoms with Crippen molar-refractivity contribution in [2.45, 2.75) is 13.8 Å². The number of ketones is 1. The van der Waals surface area contributed by atoms with E-state index in [0.717, 1.165) is 27.3 Å². The highest BCUT2D eigenvalue weighted by Gasteiger charge is 2.02. The number of Topliss-reactive ketones (excluding diaryl/α,β-unsaturated/α-hetero) is 1. The first-order valence-electron chi connectivity index (χ1n) is 5.45. The molecule has 0 heterocycles. The van der Waals surface area contributed by atoms with Crippen LogP contribution in [0.4, 0.5) is 0 Å². The maximum absolute atomic E-state index is 11.2. The molecule has 0 aromatic heterocycles. The maximum Gasteiger partial charge on any atom is 0.159 e. The molecule has 0 N–H and O–H groups in total. The van der Waals surface area contributed by atoms with Gasteiger partial charge in [-0.3, -0.25) is 4.79 Å². The molecule has 0 saturated heterocycles. The minimum atomic E-state index is 0.0819. The van der Waals surface area contributed by atoms with Crippen LogP contribution in [-0.2, 0) is 0 Å². The lowest BCUT2D eigenvalue weighted by Crippen LogP contribution is -1.90. The first-order valence-corrected chi connectivity index (χ1v) is 5.83. The van der Waals surface area contributed by atoms with Gasteiger partial charge in [0, 0.05) is 10.6 Å². The number of rotatable bonds is 2. The highest BCUT2D eigenvalue weighted by Crippen LogP contribution is 2.25. The number of carbonyl (C=O) groups is 1. The number of hydrogen-bond donors (Lipinski definition) is 0. The van der Waals surface area contributed by atoms with Gasteiger partial charge in [0.2, 0.25) is 0 Å². The summed E-state index contributed by atoms with van der Waals surface area (Å²) in [7, 11) is 0. The summed E-state index contributed by atoms with van der Waals surface area (Å²) in [5, 5.41) is 0.762. The van der Waals surface area contributed by atoms with Crippen molar-refractivity contribution < 1.29 is 4.79 Å². The summed E-state index contributed by atoms with van der Waals surface area (Å²) in [6.07, 6.45) is 0. The molecular weight excluding hydrogens is 232 g/mol. The number of halogens is 1. The summed E-state index contributed by atoms with van der Waals surface area (Å²) < 4.78 is 0. The second-order valence-electron chi connectivity index (χ2n) is 4.10. The van der Waals surface area contributed by atoms with Crippen LogP contribution in [0.15, 0.2) is 42.5 Å². The van der Waals surface area contributed by atoms with Gasteiger partial charge in [-0.25, -0.2) is 0 Å². The molecule has 0 aliphatic carbocycles. The highest BCUT2D eigenvalue weighted by atomic mass is 35.5. The van der Waals surface area contributed by atoms with Gasteiger partial charge in [0.25, 0.3) is 0 Å². The topological polar surface area (TPSA) is 17.1 Å². The van der Waals surface area contributed by atoms with Crippen LogP contribution in [0, 0.1) is 6.92 Å². The van der Waals surface area contributed by atoms with Crippen LogP contribution < -0.4 is 0 Å². The minimum Gasteiger partial charge on any atom is -0.295 e. The SMILES string of the molecule is CC(=O)c1ccc(-c2ccc(C)c(Cl)c2)cc1. The van der Waals surface area contributed by atoms with Crippen molar-refractivity contribution in [3.05, 3.63) is 58.6 Å². The van der Waals surface area contributed by atoms with Gasteiger partial charge < -0.3 is 0 Å². The molecule has 0 fully saturated rings. The van der Waals surface area contributed by atoms with E-state index in [1.54, 1.807) is 6.92 Å². The Morgan fingerprint density at radius 2 is 1.59 bits per heavy atom. The zero-order valence-electron chi connectivity index (χ0n) is 9.83. The smallest absolute Gasteiger partial charge is 0.159 e. The van der Waals surface area contributed by atoms with E-state index in [9.17, 15) is 4.79 Å². The van der Waals surface area contributed by atoms with E-state index < -0.39 is 0 Å². The Kier molecular flexibility index (Phi) is 3.30. The van der Waals surface area contributed by atoms with Gasteiger partial charge >= 0.3 is 0 Å². The van der Waals surface area contributed by atoms with Crippen molar-refractivity contribution >= 4 is 17.4 Å². The van der Waals surface area contributed by atoms with Crippen LogP contribution in [0.25, 0.3) is 11.1 Å². The molecule has 17 heavy (non-hydrogen) atoms. The second-order valence-corrected chi connectivity index (χ2v) is 4.50. The van der Waals surface area contributed by atoms with E-state index in [-0.39, 0.29) is 5.78 Å². The molecule has 86 valence electrons. The average molecular weight is 245 g/mol. The third kappa shape index (κ3) is 2.56. The minimum absolute atomic E-state index is 0.0819. The average Bonchev–Trinajstić information content (AvgIpc) is 2.33. The van der Waals surface area contributed by atoms with Crippen molar-refractivity contribution in [1.29, 1.82) is 0 Å². The van der Waals surface area contributed by atoms with Crippen LogP contribution in [0.2, 0.25) is 5.02 Å².